The van der Waals surface area contributed by atoms with Crippen LogP contribution in [-0.2, 0) is 4.74 Å². The standard InChI is InChI=1S/C17H24O4/c18-17(9-11-19-12-10-17)13-20-14-5-7-16(8-6-14)21-15-3-1-2-4-15/h5-8,15,18H,1-4,9-13H2. The lowest BCUT2D eigenvalue weighted by Crippen LogP contribution is -2.41. The summed E-state index contributed by atoms with van der Waals surface area (Å²) in [6.45, 7) is 1.53. The van der Waals surface area contributed by atoms with E-state index in [1.54, 1.807) is 0 Å². The summed E-state index contributed by atoms with van der Waals surface area (Å²) in [5, 5.41) is 10.3. The molecular formula is C17H24O4. The number of aliphatic hydroxyl groups is 1. The van der Waals surface area contributed by atoms with Crippen LogP contribution in [0.15, 0.2) is 24.3 Å². The third-order valence-electron chi connectivity index (χ3n) is 4.36. The molecule has 1 aromatic rings. The summed E-state index contributed by atoms with van der Waals surface area (Å²) in [4.78, 5) is 0. The van der Waals surface area contributed by atoms with Crippen LogP contribution in [0.3, 0.4) is 0 Å². The lowest BCUT2D eigenvalue weighted by molar-refractivity contribution is -0.0855. The molecule has 0 atom stereocenters. The Kier molecular flexibility index (Phi) is 4.66. The molecule has 1 N–H and O–H groups in total. The topological polar surface area (TPSA) is 47.9 Å². The number of ether oxygens (including phenoxy) is 3. The minimum absolute atomic E-state index is 0.319. The number of hydrogen-bond acceptors (Lipinski definition) is 4. The molecule has 1 aromatic carbocycles. The van der Waals surface area contributed by atoms with Gasteiger partial charge in [-0.1, -0.05) is 0 Å². The molecule has 2 fully saturated rings. The largest absolute Gasteiger partial charge is 0.491 e. The number of hydrogen-bond donors (Lipinski definition) is 1. The van der Waals surface area contributed by atoms with E-state index in [0.717, 1.165) is 24.3 Å². The van der Waals surface area contributed by atoms with Crippen LogP contribution in [-0.4, -0.2) is 36.6 Å². The fourth-order valence-corrected chi connectivity index (χ4v) is 2.93. The van der Waals surface area contributed by atoms with E-state index in [2.05, 4.69) is 0 Å². The van der Waals surface area contributed by atoms with Crippen LogP contribution < -0.4 is 9.47 Å². The highest BCUT2D eigenvalue weighted by molar-refractivity contribution is 5.31. The van der Waals surface area contributed by atoms with Crippen molar-refractivity contribution in [1.82, 2.24) is 0 Å². The molecule has 21 heavy (non-hydrogen) atoms. The van der Waals surface area contributed by atoms with Gasteiger partial charge in [-0.15, -0.1) is 0 Å². The SMILES string of the molecule is OC1(COc2ccc(OC3CCCC3)cc2)CCOCC1. The first-order valence-corrected chi connectivity index (χ1v) is 7.93. The highest BCUT2D eigenvalue weighted by atomic mass is 16.5. The van der Waals surface area contributed by atoms with E-state index < -0.39 is 5.60 Å². The highest BCUT2D eigenvalue weighted by Gasteiger charge is 2.30. The summed E-state index contributed by atoms with van der Waals surface area (Å²) in [5.41, 5.74) is -0.753. The zero-order chi connectivity index (χ0) is 14.5. The molecule has 0 unspecified atom stereocenters. The van der Waals surface area contributed by atoms with Gasteiger partial charge in [0.2, 0.25) is 0 Å². The monoisotopic (exact) mass is 292 g/mol. The second-order valence-electron chi connectivity index (χ2n) is 6.12. The minimum atomic E-state index is -0.753. The fourth-order valence-electron chi connectivity index (χ4n) is 2.93. The summed E-state index contributed by atoms with van der Waals surface area (Å²) in [5.74, 6) is 1.67. The molecule has 0 radical (unpaired) electrons. The van der Waals surface area contributed by atoms with Crippen LogP contribution in [0.1, 0.15) is 38.5 Å². The molecule has 0 aromatic heterocycles. The van der Waals surface area contributed by atoms with Crippen LogP contribution >= 0.6 is 0 Å². The Balaban J connectivity index is 1.49. The summed E-state index contributed by atoms with van der Waals surface area (Å²) >= 11 is 0. The Morgan fingerprint density at radius 2 is 1.67 bits per heavy atom. The first kappa shape index (κ1) is 14.7. The minimum Gasteiger partial charge on any atom is -0.491 e. The summed E-state index contributed by atoms with van der Waals surface area (Å²) < 4.78 is 16.9. The molecule has 2 aliphatic rings. The lowest BCUT2D eigenvalue weighted by atomic mass is 9.96. The molecule has 116 valence electrons. The normalized spacial score (nSPS) is 22.1. The molecule has 1 aliphatic heterocycles. The quantitative estimate of drug-likeness (QED) is 0.906. The molecule has 1 heterocycles. The molecule has 4 nitrogen and oxygen atoms in total. The van der Waals surface area contributed by atoms with E-state index in [0.29, 0.717) is 38.8 Å². The maximum absolute atomic E-state index is 10.3. The van der Waals surface area contributed by atoms with Crippen molar-refractivity contribution < 1.29 is 19.3 Å². The number of rotatable bonds is 5. The zero-order valence-electron chi connectivity index (χ0n) is 12.4. The Labute approximate surface area is 126 Å². The van der Waals surface area contributed by atoms with Crippen molar-refractivity contribution in [3.05, 3.63) is 24.3 Å². The molecule has 3 rings (SSSR count). The number of benzene rings is 1. The Hall–Kier alpha value is -1.26. The molecule has 1 aliphatic carbocycles. The summed E-state index contributed by atoms with van der Waals surface area (Å²) in [7, 11) is 0. The highest BCUT2D eigenvalue weighted by Crippen LogP contribution is 2.26. The Bertz CT molecular complexity index is 431. The van der Waals surface area contributed by atoms with Crippen LogP contribution in [0.25, 0.3) is 0 Å². The van der Waals surface area contributed by atoms with E-state index in [1.165, 1.54) is 12.8 Å². The maximum atomic E-state index is 10.3. The predicted molar refractivity (Wildman–Crippen MR) is 79.8 cm³/mol. The lowest BCUT2D eigenvalue weighted by Gasteiger charge is -2.31. The van der Waals surface area contributed by atoms with Crippen molar-refractivity contribution in [1.29, 1.82) is 0 Å². The van der Waals surface area contributed by atoms with Gasteiger partial charge in [-0.3, -0.25) is 0 Å². The van der Waals surface area contributed by atoms with Gasteiger partial charge in [0.1, 0.15) is 23.7 Å². The molecule has 0 spiro atoms. The third-order valence-corrected chi connectivity index (χ3v) is 4.36. The van der Waals surface area contributed by atoms with E-state index in [-0.39, 0.29) is 0 Å². The molecule has 0 bridgehead atoms. The molecule has 0 amide bonds. The van der Waals surface area contributed by atoms with E-state index in [9.17, 15) is 5.11 Å². The van der Waals surface area contributed by atoms with Crippen LogP contribution in [0, 0.1) is 0 Å². The average molecular weight is 292 g/mol. The van der Waals surface area contributed by atoms with Gasteiger partial charge in [0, 0.05) is 26.1 Å². The van der Waals surface area contributed by atoms with E-state index >= 15 is 0 Å². The van der Waals surface area contributed by atoms with Gasteiger partial charge in [0.25, 0.3) is 0 Å². The van der Waals surface area contributed by atoms with Gasteiger partial charge < -0.3 is 19.3 Å². The summed E-state index contributed by atoms with van der Waals surface area (Å²) in [6, 6.07) is 7.71. The van der Waals surface area contributed by atoms with Gasteiger partial charge in [0.15, 0.2) is 0 Å². The van der Waals surface area contributed by atoms with Gasteiger partial charge in [-0.2, -0.15) is 0 Å². The van der Waals surface area contributed by atoms with Crippen molar-refractivity contribution in [2.75, 3.05) is 19.8 Å². The molecule has 4 heteroatoms. The molecule has 1 saturated heterocycles. The smallest absolute Gasteiger partial charge is 0.119 e. The van der Waals surface area contributed by atoms with Gasteiger partial charge in [-0.25, -0.2) is 0 Å². The van der Waals surface area contributed by atoms with Gasteiger partial charge in [0.05, 0.1) is 6.10 Å². The first-order valence-electron chi connectivity index (χ1n) is 7.93. The van der Waals surface area contributed by atoms with Crippen LogP contribution in [0.2, 0.25) is 0 Å². The van der Waals surface area contributed by atoms with Gasteiger partial charge >= 0.3 is 0 Å². The fraction of sp³-hybridized carbons (Fsp3) is 0.647. The van der Waals surface area contributed by atoms with Crippen molar-refractivity contribution in [3.8, 4) is 11.5 Å². The van der Waals surface area contributed by atoms with Crippen LogP contribution in [0.5, 0.6) is 11.5 Å². The van der Waals surface area contributed by atoms with Crippen molar-refractivity contribution in [2.24, 2.45) is 0 Å². The second kappa shape index (κ2) is 6.67. The second-order valence-corrected chi connectivity index (χ2v) is 6.12. The van der Waals surface area contributed by atoms with Crippen molar-refractivity contribution >= 4 is 0 Å². The zero-order valence-corrected chi connectivity index (χ0v) is 12.4. The van der Waals surface area contributed by atoms with Gasteiger partial charge in [-0.05, 0) is 49.9 Å². The Morgan fingerprint density at radius 1 is 1.05 bits per heavy atom. The van der Waals surface area contributed by atoms with Crippen LogP contribution in [0.4, 0.5) is 0 Å². The first-order chi connectivity index (χ1) is 10.2. The van der Waals surface area contributed by atoms with E-state index in [4.69, 9.17) is 14.2 Å². The average Bonchev–Trinajstić information content (AvgIpc) is 3.00. The predicted octanol–water partition coefficient (Wildman–Crippen LogP) is 2.93. The van der Waals surface area contributed by atoms with E-state index in [1.807, 2.05) is 24.3 Å². The summed E-state index contributed by atoms with van der Waals surface area (Å²) in [6.07, 6.45) is 6.51. The molecular weight excluding hydrogens is 268 g/mol. The molecule has 1 saturated carbocycles. The third kappa shape index (κ3) is 4.11. The Morgan fingerprint density at radius 3 is 2.33 bits per heavy atom. The maximum Gasteiger partial charge on any atom is 0.119 e. The van der Waals surface area contributed by atoms with Crippen molar-refractivity contribution in [3.63, 3.8) is 0 Å². The van der Waals surface area contributed by atoms with Crippen molar-refractivity contribution in [2.45, 2.75) is 50.2 Å².